The molecule has 2 aliphatic carbocycles. The summed E-state index contributed by atoms with van der Waals surface area (Å²) in [6.45, 7) is 4.54. The molecule has 2 saturated heterocycles. The standard InChI is InChI=1S/C17H28N2O2/c20-15-9-13(10-15)16(21)19-7-3-17(4-8-19)11-14(12-17)18-5-1-2-6-18/h13-15,20H,1-12H2. The first-order valence-electron chi connectivity index (χ1n) is 8.86. The smallest absolute Gasteiger partial charge is 0.225 e. The van der Waals surface area contributed by atoms with Crippen LogP contribution in [0.3, 0.4) is 0 Å². The second kappa shape index (κ2) is 5.24. The van der Waals surface area contributed by atoms with E-state index in [0.29, 0.717) is 24.2 Å². The maximum Gasteiger partial charge on any atom is 0.225 e. The molecule has 0 radical (unpaired) electrons. The van der Waals surface area contributed by atoms with Gasteiger partial charge in [0.1, 0.15) is 0 Å². The van der Waals surface area contributed by atoms with E-state index in [9.17, 15) is 9.90 Å². The minimum Gasteiger partial charge on any atom is -0.393 e. The third kappa shape index (κ3) is 2.50. The number of carbonyl (C=O) groups excluding carboxylic acids is 1. The molecular weight excluding hydrogens is 264 g/mol. The van der Waals surface area contributed by atoms with E-state index in [0.717, 1.165) is 19.1 Å². The van der Waals surface area contributed by atoms with Gasteiger partial charge in [0.05, 0.1) is 6.10 Å². The zero-order chi connectivity index (χ0) is 14.4. The van der Waals surface area contributed by atoms with Crippen LogP contribution in [0.5, 0.6) is 0 Å². The number of aliphatic hydroxyl groups is 1. The Balaban J connectivity index is 1.25. The Hall–Kier alpha value is -0.610. The van der Waals surface area contributed by atoms with Crippen LogP contribution in [0.1, 0.15) is 51.4 Å². The summed E-state index contributed by atoms with van der Waals surface area (Å²) >= 11 is 0. The first-order chi connectivity index (χ1) is 10.2. The topological polar surface area (TPSA) is 43.8 Å². The lowest BCUT2D eigenvalue weighted by atomic mass is 9.60. The Morgan fingerprint density at radius 3 is 2.19 bits per heavy atom. The molecule has 0 bridgehead atoms. The van der Waals surface area contributed by atoms with Crippen molar-refractivity contribution < 1.29 is 9.90 Å². The Morgan fingerprint density at radius 1 is 1.00 bits per heavy atom. The number of hydrogen-bond donors (Lipinski definition) is 1. The summed E-state index contributed by atoms with van der Waals surface area (Å²) in [5, 5.41) is 9.35. The number of hydrogen-bond acceptors (Lipinski definition) is 3. The molecule has 4 rings (SSSR count). The molecule has 4 fully saturated rings. The maximum atomic E-state index is 12.3. The SMILES string of the molecule is O=C(C1CC(O)C1)N1CCC2(CC1)CC(N1CCCC1)C2. The van der Waals surface area contributed by atoms with Gasteiger partial charge in [-0.25, -0.2) is 0 Å². The Kier molecular flexibility index (Phi) is 3.49. The fraction of sp³-hybridized carbons (Fsp3) is 0.941. The molecule has 4 heteroatoms. The Labute approximate surface area is 127 Å². The van der Waals surface area contributed by atoms with Crippen LogP contribution in [0.25, 0.3) is 0 Å². The van der Waals surface area contributed by atoms with Crippen molar-refractivity contribution in [3.8, 4) is 0 Å². The molecule has 1 amide bonds. The summed E-state index contributed by atoms with van der Waals surface area (Å²) in [7, 11) is 0. The number of likely N-dealkylation sites (tertiary alicyclic amines) is 2. The normalized spacial score (nSPS) is 36.5. The fourth-order valence-corrected chi connectivity index (χ4v) is 4.96. The molecule has 2 heterocycles. The van der Waals surface area contributed by atoms with Gasteiger partial charge in [-0.15, -0.1) is 0 Å². The van der Waals surface area contributed by atoms with Crippen LogP contribution in [-0.2, 0) is 4.79 Å². The van der Waals surface area contributed by atoms with E-state index in [1.165, 1.54) is 51.6 Å². The van der Waals surface area contributed by atoms with Gasteiger partial charge >= 0.3 is 0 Å². The molecule has 118 valence electrons. The lowest BCUT2D eigenvalue weighted by Crippen LogP contribution is -2.56. The molecule has 21 heavy (non-hydrogen) atoms. The van der Waals surface area contributed by atoms with Crippen molar-refractivity contribution in [2.75, 3.05) is 26.2 Å². The summed E-state index contributed by atoms with van der Waals surface area (Å²) in [4.78, 5) is 17.1. The second-order valence-electron chi connectivity index (χ2n) is 7.95. The van der Waals surface area contributed by atoms with Crippen molar-refractivity contribution in [3.63, 3.8) is 0 Å². The summed E-state index contributed by atoms with van der Waals surface area (Å²) in [6, 6.07) is 0.844. The lowest BCUT2D eigenvalue weighted by molar-refractivity contribution is -0.146. The van der Waals surface area contributed by atoms with E-state index >= 15 is 0 Å². The van der Waals surface area contributed by atoms with Gasteiger partial charge in [-0.1, -0.05) is 0 Å². The van der Waals surface area contributed by atoms with Gasteiger partial charge < -0.3 is 14.9 Å². The highest BCUT2D eigenvalue weighted by molar-refractivity contribution is 5.80. The molecule has 4 aliphatic rings. The van der Waals surface area contributed by atoms with E-state index in [2.05, 4.69) is 9.80 Å². The van der Waals surface area contributed by atoms with Gasteiger partial charge in [-0.2, -0.15) is 0 Å². The minimum absolute atomic E-state index is 0.118. The van der Waals surface area contributed by atoms with Crippen LogP contribution < -0.4 is 0 Å². The second-order valence-corrected chi connectivity index (χ2v) is 7.95. The van der Waals surface area contributed by atoms with Gasteiger partial charge in [0.2, 0.25) is 5.91 Å². The quantitative estimate of drug-likeness (QED) is 0.841. The first kappa shape index (κ1) is 14.0. The van der Waals surface area contributed by atoms with Crippen molar-refractivity contribution in [3.05, 3.63) is 0 Å². The maximum absolute atomic E-state index is 12.3. The highest BCUT2D eigenvalue weighted by Crippen LogP contribution is 2.51. The van der Waals surface area contributed by atoms with Gasteiger partial charge in [-0.05, 0) is 69.9 Å². The lowest BCUT2D eigenvalue weighted by Gasteiger charge is -2.55. The highest BCUT2D eigenvalue weighted by Gasteiger charge is 2.49. The summed E-state index contributed by atoms with van der Waals surface area (Å²) in [5.74, 6) is 0.429. The van der Waals surface area contributed by atoms with Crippen LogP contribution in [0.4, 0.5) is 0 Å². The summed E-state index contributed by atoms with van der Waals surface area (Å²) in [5.41, 5.74) is 0.559. The van der Waals surface area contributed by atoms with Gasteiger partial charge in [0.15, 0.2) is 0 Å². The molecule has 0 unspecified atom stereocenters. The molecule has 0 aromatic carbocycles. The number of nitrogens with zero attached hydrogens (tertiary/aromatic N) is 2. The minimum atomic E-state index is -0.220. The molecule has 4 nitrogen and oxygen atoms in total. The van der Waals surface area contributed by atoms with Crippen LogP contribution in [-0.4, -0.2) is 59.1 Å². The van der Waals surface area contributed by atoms with Gasteiger partial charge in [-0.3, -0.25) is 4.79 Å². The fourth-order valence-electron chi connectivity index (χ4n) is 4.96. The predicted molar refractivity (Wildman–Crippen MR) is 80.8 cm³/mol. The third-order valence-electron chi connectivity index (χ3n) is 6.59. The molecule has 1 N–H and O–H groups in total. The average Bonchev–Trinajstić information content (AvgIpc) is 2.94. The van der Waals surface area contributed by atoms with E-state index in [1.54, 1.807) is 0 Å². The number of rotatable bonds is 2. The highest BCUT2D eigenvalue weighted by atomic mass is 16.3. The molecule has 0 aromatic heterocycles. The van der Waals surface area contributed by atoms with E-state index in [4.69, 9.17) is 0 Å². The van der Waals surface area contributed by atoms with Crippen LogP contribution >= 0.6 is 0 Å². The molecule has 1 spiro atoms. The van der Waals surface area contributed by atoms with E-state index in [1.807, 2.05) is 0 Å². The number of carbonyl (C=O) groups is 1. The van der Waals surface area contributed by atoms with Crippen molar-refractivity contribution >= 4 is 5.91 Å². The van der Waals surface area contributed by atoms with E-state index < -0.39 is 0 Å². The van der Waals surface area contributed by atoms with Gasteiger partial charge in [0, 0.05) is 25.0 Å². The average molecular weight is 292 g/mol. The molecular formula is C17H28N2O2. The predicted octanol–water partition coefficient (Wildman–Crippen LogP) is 1.62. The molecule has 2 saturated carbocycles. The van der Waals surface area contributed by atoms with Crippen molar-refractivity contribution in [1.82, 2.24) is 9.80 Å². The third-order valence-corrected chi connectivity index (χ3v) is 6.59. The van der Waals surface area contributed by atoms with Crippen LogP contribution in [0.15, 0.2) is 0 Å². The Bertz CT molecular complexity index is 397. The largest absolute Gasteiger partial charge is 0.393 e. The molecule has 0 aromatic rings. The van der Waals surface area contributed by atoms with Crippen molar-refractivity contribution in [2.24, 2.45) is 11.3 Å². The van der Waals surface area contributed by atoms with Gasteiger partial charge in [0.25, 0.3) is 0 Å². The van der Waals surface area contributed by atoms with E-state index in [-0.39, 0.29) is 12.0 Å². The number of amides is 1. The van der Waals surface area contributed by atoms with Crippen LogP contribution in [0.2, 0.25) is 0 Å². The summed E-state index contributed by atoms with van der Waals surface area (Å²) < 4.78 is 0. The number of piperidine rings is 1. The molecule has 2 aliphatic heterocycles. The number of aliphatic hydroxyl groups excluding tert-OH is 1. The van der Waals surface area contributed by atoms with Crippen molar-refractivity contribution in [1.29, 1.82) is 0 Å². The van der Waals surface area contributed by atoms with Crippen molar-refractivity contribution in [2.45, 2.75) is 63.5 Å². The van der Waals surface area contributed by atoms with Crippen LogP contribution in [0, 0.1) is 11.3 Å². The monoisotopic (exact) mass is 292 g/mol. The Morgan fingerprint density at radius 2 is 1.62 bits per heavy atom. The summed E-state index contributed by atoms with van der Waals surface area (Å²) in [6.07, 6.45) is 9.10. The zero-order valence-electron chi connectivity index (χ0n) is 13.0. The first-order valence-corrected chi connectivity index (χ1v) is 8.86. The molecule has 0 atom stereocenters. The zero-order valence-corrected chi connectivity index (χ0v) is 13.0.